The van der Waals surface area contributed by atoms with Gasteiger partial charge in [-0.1, -0.05) is 18.2 Å². The number of nitrogens with zero attached hydrogens (tertiary/aromatic N) is 2. The summed E-state index contributed by atoms with van der Waals surface area (Å²) in [6, 6.07) is 7.82. The van der Waals surface area contributed by atoms with Crippen molar-refractivity contribution in [2.24, 2.45) is 0 Å². The Labute approximate surface area is 114 Å². The maximum Gasteiger partial charge on any atom is 0.238 e. The minimum Gasteiger partial charge on any atom is -0.496 e. The zero-order chi connectivity index (χ0) is 13.8. The average molecular weight is 263 g/mol. The van der Waals surface area contributed by atoms with Gasteiger partial charge in [0.05, 0.1) is 13.7 Å². The van der Waals surface area contributed by atoms with Crippen molar-refractivity contribution in [1.82, 2.24) is 15.1 Å². The molecule has 1 aromatic rings. The summed E-state index contributed by atoms with van der Waals surface area (Å²) in [4.78, 5) is 15.9. The fourth-order valence-electron chi connectivity index (χ4n) is 2.27. The standard InChI is InChI=1S/C14H21N3O2/c1-16(2)8-9-17-13(18)10-15-14(17)11-6-4-5-7-12(11)19-3/h4-7,14-15H,8-10H2,1-3H3. The first-order chi connectivity index (χ1) is 9.13. The Hall–Kier alpha value is -1.59. The van der Waals surface area contributed by atoms with Crippen molar-refractivity contribution >= 4 is 5.91 Å². The topological polar surface area (TPSA) is 44.8 Å². The molecule has 1 N–H and O–H groups in total. The van der Waals surface area contributed by atoms with Gasteiger partial charge in [0, 0.05) is 18.7 Å². The Morgan fingerprint density at radius 3 is 2.84 bits per heavy atom. The molecule has 5 heteroatoms. The average Bonchev–Trinajstić information content (AvgIpc) is 2.77. The number of likely N-dealkylation sites (N-methyl/N-ethyl adjacent to an activating group) is 1. The lowest BCUT2D eigenvalue weighted by atomic mass is 10.1. The molecule has 0 spiro atoms. The van der Waals surface area contributed by atoms with Crippen LogP contribution < -0.4 is 10.1 Å². The van der Waals surface area contributed by atoms with Gasteiger partial charge < -0.3 is 14.5 Å². The first-order valence-electron chi connectivity index (χ1n) is 6.44. The number of rotatable bonds is 5. The minimum absolute atomic E-state index is 0.0939. The molecular weight excluding hydrogens is 242 g/mol. The molecule has 1 saturated heterocycles. The Balaban J connectivity index is 2.19. The van der Waals surface area contributed by atoms with E-state index >= 15 is 0 Å². The van der Waals surface area contributed by atoms with Crippen LogP contribution in [0.3, 0.4) is 0 Å². The summed E-state index contributed by atoms with van der Waals surface area (Å²) in [6.45, 7) is 1.94. The van der Waals surface area contributed by atoms with Crippen molar-refractivity contribution in [2.75, 3.05) is 40.8 Å². The zero-order valence-electron chi connectivity index (χ0n) is 11.7. The van der Waals surface area contributed by atoms with Crippen LogP contribution in [0, 0.1) is 0 Å². The summed E-state index contributed by atoms with van der Waals surface area (Å²) >= 11 is 0. The molecule has 19 heavy (non-hydrogen) atoms. The smallest absolute Gasteiger partial charge is 0.238 e. The van der Waals surface area contributed by atoms with E-state index in [0.29, 0.717) is 13.1 Å². The van der Waals surface area contributed by atoms with Gasteiger partial charge in [0.1, 0.15) is 11.9 Å². The van der Waals surface area contributed by atoms with E-state index in [-0.39, 0.29) is 12.1 Å². The Morgan fingerprint density at radius 2 is 2.16 bits per heavy atom. The van der Waals surface area contributed by atoms with Crippen molar-refractivity contribution in [3.05, 3.63) is 29.8 Å². The maximum atomic E-state index is 12.0. The second-order valence-electron chi connectivity index (χ2n) is 4.92. The normalized spacial score (nSPS) is 19.3. The van der Waals surface area contributed by atoms with E-state index in [4.69, 9.17) is 4.74 Å². The van der Waals surface area contributed by atoms with E-state index in [2.05, 4.69) is 10.2 Å². The first kappa shape index (κ1) is 13.8. The number of amides is 1. The molecule has 1 aromatic carbocycles. The molecule has 0 aliphatic carbocycles. The highest BCUT2D eigenvalue weighted by molar-refractivity contribution is 5.81. The minimum atomic E-state index is -0.0939. The molecule has 1 aliphatic rings. The van der Waals surface area contributed by atoms with Crippen LogP contribution in [0.4, 0.5) is 0 Å². The van der Waals surface area contributed by atoms with Crippen molar-refractivity contribution < 1.29 is 9.53 Å². The molecule has 0 saturated carbocycles. The number of carbonyl (C=O) groups is 1. The summed E-state index contributed by atoms with van der Waals surface area (Å²) in [5, 5.41) is 3.25. The fraction of sp³-hybridized carbons (Fsp3) is 0.500. The summed E-state index contributed by atoms with van der Waals surface area (Å²) in [7, 11) is 5.66. The highest BCUT2D eigenvalue weighted by Crippen LogP contribution is 2.29. The molecule has 1 heterocycles. The number of nitrogens with one attached hydrogen (secondary N) is 1. The van der Waals surface area contributed by atoms with Crippen molar-refractivity contribution in [2.45, 2.75) is 6.17 Å². The van der Waals surface area contributed by atoms with Crippen LogP contribution in [-0.4, -0.2) is 56.5 Å². The van der Waals surface area contributed by atoms with E-state index in [9.17, 15) is 4.79 Å². The lowest BCUT2D eigenvalue weighted by molar-refractivity contribution is -0.128. The van der Waals surface area contributed by atoms with Crippen molar-refractivity contribution in [1.29, 1.82) is 0 Å². The highest BCUT2D eigenvalue weighted by atomic mass is 16.5. The molecule has 2 rings (SSSR count). The lowest BCUT2D eigenvalue weighted by Crippen LogP contribution is -2.36. The molecule has 0 bridgehead atoms. The molecule has 0 radical (unpaired) electrons. The van der Waals surface area contributed by atoms with Crippen LogP contribution in [-0.2, 0) is 4.79 Å². The molecular formula is C14H21N3O2. The van der Waals surface area contributed by atoms with Gasteiger partial charge in [-0.15, -0.1) is 0 Å². The highest BCUT2D eigenvalue weighted by Gasteiger charge is 2.32. The third kappa shape index (κ3) is 3.05. The SMILES string of the molecule is COc1ccccc1C1NCC(=O)N1CCN(C)C. The monoisotopic (exact) mass is 263 g/mol. The van der Waals surface area contributed by atoms with Gasteiger partial charge in [0.15, 0.2) is 0 Å². The van der Waals surface area contributed by atoms with E-state index in [1.165, 1.54) is 0 Å². The van der Waals surface area contributed by atoms with Gasteiger partial charge >= 0.3 is 0 Å². The largest absolute Gasteiger partial charge is 0.496 e. The van der Waals surface area contributed by atoms with Gasteiger partial charge in [-0.05, 0) is 20.2 Å². The van der Waals surface area contributed by atoms with Gasteiger partial charge in [-0.25, -0.2) is 0 Å². The van der Waals surface area contributed by atoms with Gasteiger partial charge in [-0.2, -0.15) is 0 Å². The maximum absolute atomic E-state index is 12.0. The molecule has 104 valence electrons. The quantitative estimate of drug-likeness (QED) is 0.849. The zero-order valence-corrected chi connectivity index (χ0v) is 11.7. The number of benzene rings is 1. The van der Waals surface area contributed by atoms with Crippen LogP contribution >= 0.6 is 0 Å². The number of para-hydroxylation sites is 1. The van der Waals surface area contributed by atoms with Crippen molar-refractivity contribution in [3.63, 3.8) is 0 Å². The van der Waals surface area contributed by atoms with Crippen LogP contribution in [0.25, 0.3) is 0 Å². The van der Waals surface area contributed by atoms with E-state index in [0.717, 1.165) is 17.9 Å². The number of carbonyl (C=O) groups excluding carboxylic acids is 1. The predicted molar refractivity (Wildman–Crippen MR) is 74.0 cm³/mol. The van der Waals surface area contributed by atoms with Crippen LogP contribution in [0.5, 0.6) is 5.75 Å². The predicted octanol–water partition coefficient (Wildman–Crippen LogP) is 0.687. The molecule has 1 aliphatic heterocycles. The number of hydrogen-bond donors (Lipinski definition) is 1. The van der Waals surface area contributed by atoms with E-state index in [1.54, 1.807) is 7.11 Å². The summed E-state index contributed by atoms with van der Waals surface area (Å²) in [6.07, 6.45) is -0.0939. The van der Waals surface area contributed by atoms with Crippen LogP contribution in [0.15, 0.2) is 24.3 Å². The van der Waals surface area contributed by atoms with E-state index in [1.807, 2.05) is 43.3 Å². The molecule has 1 fully saturated rings. The molecule has 5 nitrogen and oxygen atoms in total. The van der Waals surface area contributed by atoms with E-state index < -0.39 is 0 Å². The Bertz CT molecular complexity index is 448. The lowest BCUT2D eigenvalue weighted by Gasteiger charge is -2.27. The summed E-state index contributed by atoms with van der Waals surface area (Å²) < 4.78 is 5.38. The van der Waals surface area contributed by atoms with Gasteiger partial charge in [0.25, 0.3) is 0 Å². The number of methoxy groups -OCH3 is 1. The summed E-state index contributed by atoms with van der Waals surface area (Å²) in [5.41, 5.74) is 1.01. The Morgan fingerprint density at radius 1 is 1.42 bits per heavy atom. The number of ether oxygens (including phenoxy) is 1. The fourth-order valence-corrected chi connectivity index (χ4v) is 2.27. The van der Waals surface area contributed by atoms with Gasteiger partial charge in [0.2, 0.25) is 5.91 Å². The first-order valence-corrected chi connectivity index (χ1v) is 6.44. The molecule has 1 unspecified atom stereocenters. The summed E-state index contributed by atoms with van der Waals surface area (Å²) in [5.74, 6) is 0.947. The third-order valence-corrected chi connectivity index (χ3v) is 3.30. The van der Waals surface area contributed by atoms with Crippen LogP contribution in [0.2, 0.25) is 0 Å². The molecule has 1 atom stereocenters. The Kier molecular flexibility index (Phi) is 4.39. The van der Waals surface area contributed by atoms with Gasteiger partial charge in [-0.3, -0.25) is 10.1 Å². The second kappa shape index (κ2) is 6.04. The molecule has 0 aromatic heterocycles. The van der Waals surface area contributed by atoms with Crippen molar-refractivity contribution in [3.8, 4) is 5.75 Å². The van der Waals surface area contributed by atoms with Crippen LogP contribution in [0.1, 0.15) is 11.7 Å². The third-order valence-electron chi connectivity index (χ3n) is 3.30. The molecule has 1 amide bonds. The number of hydrogen-bond acceptors (Lipinski definition) is 4. The second-order valence-corrected chi connectivity index (χ2v) is 4.92.